The van der Waals surface area contributed by atoms with Crippen molar-refractivity contribution in [1.82, 2.24) is 10.2 Å². The molecule has 1 unspecified atom stereocenters. The van der Waals surface area contributed by atoms with E-state index < -0.39 is 0 Å². The quantitative estimate of drug-likeness (QED) is 0.722. The zero-order valence-electron chi connectivity index (χ0n) is 12.8. The van der Waals surface area contributed by atoms with Crippen LogP contribution in [0.25, 0.3) is 0 Å². The molecule has 1 N–H and O–H groups in total. The van der Waals surface area contributed by atoms with Crippen molar-refractivity contribution >= 4 is 0 Å². The van der Waals surface area contributed by atoms with Crippen molar-refractivity contribution < 1.29 is 4.74 Å². The van der Waals surface area contributed by atoms with E-state index in [0.29, 0.717) is 11.5 Å². The number of nitrogens with one attached hydrogen (secondary N) is 1. The van der Waals surface area contributed by atoms with Crippen molar-refractivity contribution in [2.45, 2.75) is 52.5 Å². The minimum atomic E-state index is 0.487. The number of likely N-dealkylation sites (tertiary alicyclic amines) is 1. The monoisotopic (exact) mass is 256 g/mol. The molecule has 0 aromatic carbocycles. The lowest BCUT2D eigenvalue weighted by atomic mass is 9.78. The molecule has 0 bridgehead atoms. The summed E-state index contributed by atoms with van der Waals surface area (Å²) in [5.41, 5.74) is 0.587. The first kappa shape index (κ1) is 15.9. The third kappa shape index (κ3) is 5.25. The van der Waals surface area contributed by atoms with Crippen LogP contribution in [-0.4, -0.2) is 50.8 Å². The van der Waals surface area contributed by atoms with E-state index in [1.807, 2.05) is 0 Å². The van der Waals surface area contributed by atoms with Gasteiger partial charge in [0.05, 0.1) is 6.61 Å². The molecule has 1 heterocycles. The number of piperidine rings is 1. The minimum Gasteiger partial charge on any atom is -0.383 e. The summed E-state index contributed by atoms with van der Waals surface area (Å²) in [4.78, 5) is 2.60. The number of hydrogen-bond acceptors (Lipinski definition) is 3. The van der Waals surface area contributed by atoms with Crippen LogP contribution >= 0.6 is 0 Å². The molecule has 1 aliphatic heterocycles. The first-order chi connectivity index (χ1) is 8.63. The number of methoxy groups -OCH3 is 1. The molecule has 0 saturated carbocycles. The molecule has 3 heteroatoms. The van der Waals surface area contributed by atoms with Gasteiger partial charge in [0.2, 0.25) is 0 Å². The summed E-state index contributed by atoms with van der Waals surface area (Å²) in [6.45, 7) is 12.5. The molecule has 1 saturated heterocycles. The molecule has 0 amide bonds. The van der Waals surface area contributed by atoms with E-state index in [2.05, 4.69) is 31.0 Å². The highest BCUT2D eigenvalue weighted by atomic mass is 16.5. The lowest BCUT2D eigenvalue weighted by Crippen LogP contribution is -2.47. The number of rotatable bonds is 8. The predicted octanol–water partition coefficient (Wildman–Crippen LogP) is 2.51. The Morgan fingerprint density at radius 1 is 1.28 bits per heavy atom. The van der Waals surface area contributed by atoms with Crippen LogP contribution in [0.5, 0.6) is 0 Å². The molecule has 0 aromatic rings. The smallest absolute Gasteiger partial charge is 0.0628 e. The van der Waals surface area contributed by atoms with E-state index in [4.69, 9.17) is 4.74 Å². The molecule has 1 atom stereocenters. The van der Waals surface area contributed by atoms with Gasteiger partial charge in [-0.15, -0.1) is 0 Å². The fourth-order valence-corrected chi connectivity index (χ4v) is 2.67. The first-order valence-electron chi connectivity index (χ1n) is 7.58. The maximum absolute atomic E-state index is 5.32. The molecule has 18 heavy (non-hydrogen) atoms. The Morgan fingerprint density at radius 3 is 2.44 bits per heavy atom. The van der Waals surface area contributed by atoms with E-state index in [-0.39, 0.29) is 0 Å². The zero-order valence-corrected chi connectivity index (χ0v) is 12.8. The van der Waals surface area contributed by atoms with Gasteiger partial charge in [-0.2, -0.15) is 0 Å². The zero-order chi connectivity index (χ0) is 13.4. The van der Waals surface area contributed by atoms with Gasteiger partial charge in [0, 0.05) is 19.7 Å². The Morgan fingerprint density at radius 2 is 1.94 bits per heavy atom. The molecule has 0 spiro atoms. The highest BCUT2D eigenvalue weighted by Gasteiger charge is 2.28. The van der Waals surface area contributed by atoms with Crippen LogP contribution in [0.3, 0.4) is 0 Å². The van der Waals surface area contributed by atoms with Gasteiger partial charge in [0.25, 0.3) is 0 Å². The van der Waals surface area contributed by atoms with E-state index in [9.17, 15) is 0 Å². The SMILES string of the molecule is CCCNC(COC)CN1CCC(C)(CC)CC1. The Kier molecular flexibility index (Phi) is 7.20. The van der Waals surface area contributed by atoms with Gasteiger partial charge in [-0.25, -0.2) is 0 Å². The topological polar surface area (TPSA) is 24.5 Å². The van der Waals surface area contributed by atoms with Gasteiger partial charge >= 0.3 is 0 Å². The van der Waals surface area contributed by atoms with Crippen LogP contribution in [0.15, 0.2) is 0 Å². The molecule has 1 rings (SSSR count). The van der Waals surface area contributed by atoms with Gasteiger partial charge in [0.15, 0.2) is 0 Å². The van der Waals surface area contributed by atoms with E-state index >= 15 is 0 Å². The highest BCUT2D eigenvalue weighted by Crippen LogP contribution is 2.33. The molecule has 3 nitrogen and oxygen atoms in total. The number of nitrogens with zero attached hydrogens (tertiary/aromatic N) is 1. The first-order valence-corrected chi connectivity index (χ1v) is 7.58. The Bertz CT molecular complexity index is 213. The second kappa shape index (κ2) is 8.13. The maximum Gasteiger partial charge on any atom is 0.0628 e. The summed E-state index contributed by atoms with van der Waals surface area (Å²) in [5.74, 6) is 0. The van der Waals surface area contributed by atoms with Crippen LogP contribution in [0, 0.1) is 5.41 Å². The second-order valence-corrected chi connectivity index (χ2v) is 6.07. The van der Waals surface area contributed by atoms with Gasteiger partial charge in [-0.05, 0) is 44.3 Å². The summed E-state index contributed by atoms with van der Waals surface area (Å²) >= 11 is 0. The molecule has 0 radical (unpaired) electrons. The average Bonchev–Trinajstić information content (AvgIpc) is 2.39. The van der Waals surface area contributed by atoms with Crippen molar-refractivity contribution in [2.24, 2.45) is 5.41 Å². The normalized spacial score (nSPS) is 22.0. The Hall–Kier alpha value is -0.120. The third-order valence-corrected chi connectivity index (χ3v) is 4.45. The lowest BCUT2D eigenvalue weighted by Gasteiger charge is -2.40. The fraction of sp³-hybridized carbons (Fsp3) is 1.00. The summed E-state index contributed by atoms with van der Waals surface area (Å²) in [7, 11) is 1.80. The molecule has 1 fully saturated rings. The van der Waals surface area contributed by atoms with Crippen molar-refractivity contribution in [3.05, 3.63) is 0 Å². The summed E-state index contributed by atoms with van der Waals surface area (Å²) in [5, 5.41) is 3.59. The third-order valence-electron chi connectivity index (χ3n) is 4.45. The molecule has 0 aliphatic carbocycles. The van der Waals surface area contributed by atoms with E-state index in [1.54, 1.807) is 7.11 Å². The van der Waals surface area contributed by atoms with Gasteiger partial charge in [0.1, 0.15) is 0 Å². The van der Waals surface area contributed by atoms with E-state index in [0.717, 1.165) is 19.7 Å². The van der Waals surface area contributed by atoms with Crippen molar-refractivity contribution in [1.29, 1.82) is 0 Å². The largest absolute Gasteiger partial charge is 0.383 e. The van der Waals surface area contributed by atoms with Gasteiger partial charge in [-0.1, -0.05) is 27.2 Å². The summed E-state index contributed by atoms with van der Waals surface area (Å²) in [6.07, 6.45) is 5.19. The molecule has 108 valence electrons. The van der Waals surface area contributed by atoms with Crippen LogP contribution in [0.1, 0.15) is 46.5 Å². The summed E-state index contributed by atoms with van der Waals surface area (Å²) < 4.78 is 5.32. The number of ether oxygens (including phenoxy) is 1. The second-order valence-electron chi connectivity index (χ2n) is 6.07. The standard InChI is InChI=1S/C15H32N2O/c1-5-9-16-14(13-18-4)12-17-10-7-15(3,6-2)8-11-17/h14,16H,5-13H2,1-4H3. The molecular formula is C15H32N2O. The fourth-order valence-electron chi connectivity index (χ4n) is 2.67. The minimum absolute atomic E-state index is 0.487. The molecular weight excluding hydrogens is 224 g/mol. The molecule has 1 aliphatic rings. The van der Waals surface area contributed by atoms with Gasteiger partial charge in [-0.3, -0.25) is 0 Å². The van der Waals surface area contributed by atoms with Crippen LogP contribution in [0.4, 0.5) is 0 Å². The van der Waals surface area contributed by atoms with Crippen LogP contribution in [-0.2, 0) is 4.74 Å². The number of hydrogen-bond donors (Lipinski definition) is 1. The Labute approximate surface area is 113 Å². The van der Waals surface area contributed by atoms with Crippen molar-refractivity contribution in [2.75, 3.05) is 39.9 Å². The highest BCUT2D eigenvalue weighted by molar-refractivity contribution is 4.83. The van der Waals surface area contributed by atoms with Crippen molar-refractivity contribution in [3.8, 4) is 0 Å². The van der Waals surface area contributed by atoms with Gasteiger partial charge < -0.3 is 15.0 Å². The lowest BCUT2D eigenvalue weighted by molar-refractivity contribution is 0.0867. The summed E-state index contributed by atoms with van der Waals surface area (Å²) in [6, 6.07) is 0.487. The average molecular weight is 256 g/mol. The Balaban J connectivity index is 2.32. The maximum atomic E-state index is 5.32. The van der Waals surface area contributed by atoms with Crippen LogP contribution in [0.2, 0.25) is 0 Å². The van der Waals surface area contributed by atoms with E-state index in [1.165, 1.54) is 38.8 Å². The molecule has 0 aromatic heterocycles. The predicted molar refractivity (Wildman–Crippen MR) is 78.0 cm³/mol. The van der Waals surface area contributed by atoms with Crippen molar-refractivity contribution in [3.63, 3.8) is 0 Å². The van der Waals surface area contributed by atoms with Crippen LogP contribution < -0.4 is 5.32 Å².